The second-order valence-electron chi connectivity index (χ2n) is 4.83. The van der Waals surface area contributed by atoms with Crippen molar-refractivity contribution in [1.29, 1.82) is 0 Å². The Morgan fingerprint density at radius 1 is 1.17 bits per heavy atom. The molecular weight excluding hydrogens is 319 g/mol. The smallest absolute Gasteiger partial charge is 0.437 e. The summed E-state index contributed by atoms with van der Waals surface area (Å²) in [6.45, 7) is -0.0583. The van der Waals surface area contributed by atoms with Crippen LogP contribution in [0.15, 0.2) is 60.8 Å². The third-order valence-corrected chi connectivity index (χ3v) is 3.19. The third-order valence-electron chi connectivity index (χ3n) is 3.19. The fraction of sp³-hybridized carbons (Fsp3) is 0.0667. The minimum absolute atomic E-state index is 0.0583. The van der Waals surface area contributed by atoms with Crippen LogP contribution >= 0.6 is 0 Å². The Morgan fingerprint density at radius 3 is 2.75 bits per heavy atom. The van der Waals surface area contributed by atoms with E-state index < -0.39 is 11.6 Å². The van der Waals surface area contributed by atoms with E-state index in [2.05, 4.69) is 15.2 Å². The van der Waals surface area contributed by atoms with Gasteiger partial charge in [0.2, 0.25) is 17.6 Å². The second kappa shape index (κ2) is 5.61. The van der Waals surface area contributed by atoms with Crippen LogP contribution in [0.25, 0.3) is 23.0 Å². The maximum atomic E-state index is 12.9. The van der Waals surface area contributed by atoms with Gasteiger partial charge in [0.15, 0.2) is 5.76 Å². The molecule has 120 valence electrons. The molecule has 1 aromatic carbocycles. The first-order chi connectivity index (χ1) is 11.7. The summed E-state index contributed by atoms with van der Waals surface area (Å²) in [4.78, 5) is 16.0. The molecule has 0 aliphatic heterocycles. The number of halogens is 1. The molecule has 0 unspecified atom stereocenters. The van der Waals surface area contributed by atoms with E-state index in [0.717, 1.165) is 4.68 Å². The van der Waals surface area contributed by atoms with Crippen LogP contribution < -0.4 is 5.76 Å². The molecule has 0 atom stereocenters. The molecule has 8 nitrogen and oxygen atoms in total. The van der Waals surface area contributed by atoms with Gasteiger partial charge < -0.3 is 13.4 Å². The van der Waals surface area contributed by atoms with E-state index in [1.165, 1.54) is 30.5 Å². The fourth-order valence-corrected chi connectivity index (χ4v) is 2.07. The molecule has 3 heterocycles. The van der Waals surface area contributed by atoms with Crippen molar-refractivity contribution in [3.8, 4) is 23.0 Å². The zero-order chi connectivity index (χ0) is 16.5. The predicted molar refractivity (Wildman–Crippen MR) is 77.3 cm³/mol. The molecule has 0 N–H and O–H groups in total. The second-order valence-corrected chi connectivity index (χ2v) is 4.83. The number of rotatable bonds is 4. The normalized spacial score (nSPS) is 11.0. The van der Waals surface area contributed by atoms with Gasteiger partial charge in [-0.15, -0.1) is 5.10 Å². The molecule has 24 heavy (non-hydrogen) atoms. The van der Waals surface area contributed by atoms with Gasteiger partial charge >= 0.3 is 5.76 Å². The summed E-state index contributed by atoms with van der Waals surface area (Å²) in [5, 5.41) is 7.80. The molecule has 0 saturated heterocycles. The molecule has 0 fully saturated rings. The lowest BCUT2D eigenvalue weighted by molar-refractivity contribution is 0.359. The van der Waals surface area contributed by atoms with Gasteiger partial charge in [0.1, 0.15) is 12.4 Å². The highest BCUT2D eigenvalue weighted by Crippen LogP contribution is 2.17. The Bertz CT molecular complexity index is 1010. The lowest BCUT2D eigenvalue weighted by atomic mass is 10.2. The average molecular weight is 328 g/mol. The Kier molecular flexibility index (Phi) is 3.30. The molecule has 3 aromatic heterocycles. The first kappa shape index (κ1) is 14.1. The standard InChI is InChI=1S/C15H9FN4O4/c16-10-5-3-9(4-6-10)14-18-20(15(21)23-14)8-12-17-13(19-24-12)11-2-1-7-22-11/h1-7H,8H2. The van der Waals surface area contributed by atoms with Crippen molar-refractivity contribution in [1.82, 2.24) is 19.9 Å². The van der Waals surface area contributed by atoms with Crippen molar-refractivity contribution in [2.75, 3.05) is 0 Å². The summed E-state index contributed by atoms with van der Waals surface area (Å²) in [7, 11) is 0. The first-order valence-corrected chi connectivity index (χ1v) is 6.89. The van der Waals surface area contributed by atoms with Gasteiger partial charge in [0.05, 0.1) is 6.26 Å². The van der Waals surface area contributed by atoms with Crippen LogP contribution in [0.3, 0.4) is 0 Å². The number of benzene rings is 1. The number of hydrogen-bond donors (Lipinski definition) is 0. The molecule has 0 aliphatic rings. The summed E-state index contributed by atoms with van der Waals surface area (Å²) in [6, 6.07) is 8.81. The lowest BCUT2D eigenvalue weighted by Crippen LogP contribution is -2.16. The van der Waals surface area contributed by atoms with Gasteiger partial charge in [-0.25, -0.2) is 9.18 Å². The molecule has 0 aliphatic carbocycles. The highest BCUT2D eigenvalue weighted by atomic mass is 19.1. The summed E-state index contributed by atoms with van der Waals surface area (Å²) in [6.07, 6.45) is 1.49. The van der Waals surface area contributed by atoms with E-state index in [4.69, 9.17) is 13.4 Å². The Hall–Kier alpha value is -3.49. The van der Waals surface area contributed by atoms with Crippen LogP contribution in [0.2, 0.25) is 0 Å². The van der Waals surface area contributed by atoms with Crippen LogP contribution in [0.1, 0.15) is 5.89 Å². The molecule has 0 radical (unpaired) electrons. The minimum Gasteiger partial charge on any atom is -0.461 e. The largest absolute Gasteiger partial charge is 0.461 e. The summed E-state index contributed by atoms with van der Waals surface area (Å²) in [5.74, 6) is -0.119. The van der Waals surface area contributed by atoms with Crippen molar-refractivity contribution in [2.24, 2.45) is 0 Å². The Labute approximate surface area is 133 Å². The zero-order valence-corrected chi connectivity index (χ0v) is 12.0. The van der Waals surface area contributed by atoms with E-state index in [-0.39, 0.29) is 24.2 Å². The molecule has 0 bridgehead atoms. The number of aromatic nitrogens is 4. The van der Waals surface area contributed by atoms with Crippen molar-refractivity contribution < 1.29 is 17.7 Å². The number of nitrogens with zero attached hydrogens (tertiary/aromatic N) is 4. The Balaban J connectivity index is 1.59. The van der Waals surface area contributed by atoms with E-state index in [1.54, 1.807) is 12.1 Å². The van der Waals surface area contributed by atoms with Gasteiger partial charge in [-0.1, -0.05) is 5.16 Å². The monoisotopic (exact) mass is 328 g/mol. The molecule has 4 rings (SSSR count). The van der Waals surface area contributed by atoms with Gasteiger partial charge in [-0.3, -0.25) is 0 Å². The van der Waals surface area contributed by atoms with Crippen molar-refractivity contribution in [3.05, 3.63) is 64.9 Å². The number of furan rings is 1. The van der Waals surface area contributed by atoms with Crippen LogP contribution in [-0.4, -0.2) is 19.9 Å². The van der Waals surface area contributed by atoms with Gasteiger partial charge in [0.25, 0.3) is 0 Å². The number of hydrogen-bond acceptors (Lipinski definition) is 7. The summed E-state index contributed by atoms with van der Waals surface area (Å²) >= 11 is 0. The average Bonchev–Trinajstić information content (AvgIpc) is 3.30. The van der Waals surface area contributed by atoms with Gasteiger partial charge in [-0.05, 0) is 36.4 Å². The SMILES string of the molecule is O=c1oc(-c2ccc(F)cc2)nn1Cc1nc(-c2ccco2)no1. The van der Waals surface area contributed by atoms with Crippen molar-refractivity contribution >= 4 is 0 Å². The highest BCUT2D eigenvalue weighted by Gasteiger charge is 2.15. The van der Waals surface area contributed by atoms with Crippen LogP contribution in [0.5, 0.6) is 0 Å². The zero-order valence-electron chi connectivity index (χ0n) is 12.0. The molecule has 9 heteroatoms. The lowest BCUT2D eigenvalue weighted by Gasteiger charge is -1.93. The van der Waals surface area contributed by atoms with E-state index in [9.17, 15) is 9.18 Å². The maximum Gasteiger partial charge on any atom is 0.437 e. The third kappa shape index (κ3) is 2.62. The van der Waals surface area contributed by atoms with E-state index in [0.29, 0.717) is 11.3 Å². The van der Waals surface area contributed by atoms with Crippen molar-refractivity contribution in [3.63, 3.8) is 0 Å². The minimum atomic E-state index is -0.688. The molecule has 0 spiro atoms. The molecule has 0 saturated carbocycles. The quantitative estimate of drug-likeness (QED) is 0.566. The molecule has 4 aromatic rings. The van der Waals surface area contributed by atoms with Crippen LogP contribution in [-0.2, 0) is 6.54 Å². The predicted octanol–water partition coefficient (Wildman–Crippen LogP) is 2.33. The van der Waals surface area contributed by atoms with Crippen LogP contribution in [0, 0.1) is 5.82 Å². The van der Waals surface area contributed by atoms with Crippen LogP contribution in [0.4, 0.5) is 4.39 Å². The topological polar surface area (TPSA) is 100 Å². The fourth-order valence-electron chi connectivity index (χ4n) is 2.07. The van der Waals surface area contributed by atoms with E-state index >= 15 is 0 Å². The summed E-state index contributed by atoms with van der Waals surface area (Å²) < 4.78 is 29.3. The first-order valence-electron chi connectivity index (χ1n) is 6.89. The summed E-state index contributed by atoms with van der Waals surface area (Å²) in [5.41, 5.74) is 0.481. The van der Waals surface area contributed by atoms with Gasteiger partial charge in [0, 0.05) is 5.56 Å². The van der Waals surface area contributed by atoms with Gasteiger partial charge in [-0.2, -0.15) is 9.67 Å². The highest BCUT2D eigenvalue weighted by molar-refractivity contribution is 5.51. The Morgan fingerprint density at radius 2 is 2.00 bits per heavy atom. The maximum absolute atomic E-state index is 12.9. The van der Waals surface area contributed by atoms with Crippen molar-refractivity contribution in [2.45, 2.75) is 6.54 Å². The van der Waals surface area contributed by atoms with E-state index in [1.807, 2.05) is 0 Å². The molecular formula is C15H9FN4O4. The molecule has 0 amide bonds.